The predicted molar refractivity (Wildman–Crippen MR) is 180 cm³/mol. The van der Waals surface area contributed by atoms with E-state index in [1.54, 1.807) is 30.3 Å². The van der Waals surface area contributed by atoms with Gasteiger partial charge in [-0.05, 0) is 47.5 Å². The molecule has 5 aromatic carbocycles. The van der Waals surface area contributed by atoms with Crippen LogP contribution < -0.4 is 14.8 Å². The Morgan fingerprint density at radius 2 is 1.11 bits per heavy atom. The predicted octanol–water partition coefficient (Wildman–Crippen LogP) is 6.94. The summed E-state index contributed by atoms with van der Waals surface area (Å²) in [5, 5.41) is 2.97. The van der Waals surface area contributed by atoms with Crippen molar-refractivity contribution in [1.82, 2.24) is 9.80 Å². The van der Waals surface area contributed by atoms with Crippen molar-refractivity contribution in [2.24, 2.45) is 0 Å². The van der Waals surface area contributed by atoms with Gasteiger partial charge < -0.3 is 19.7 Å². The Morgan fingerprint density at radius 3 is 1.76 bits per heavy atom. The second-order valence-electron chi connectivity index (χ2n) is 11.1. The largest absolute Gasteiger partial charge is 0.490 e. The number of para-hydroxylation sites is 3. The molecular formula is C39H37N3O4. The number of piperazine rings is 1. The average Bonchev–Trinajstić information content (AvgIpc) is 3.12. The molecule has 1 saturated heterocycles. The molecule has 0 radical (unpaired) electrons. The van der Waals surface area contributed by atoms with Crippen LogP contribution in [-0.4, -0.2) is 61.0 Å². The van der Waals surface area contributed by atoms with Gasteiger partial charge in [0.15, 0.2) is 0 Å². The summed E-state index contributed by atoms with van der Waals surface area (Å²) >= 11 is 0. The van der Waals surface area contributed by atoms with E-state index in [9.17, 15) is 9.59 Å². The number of carbonyl (C=O) groups excluding carboxylic acids is 2. The van der Waals surface area contributed by atoms with Crippen molar-refractivity contribution in [1.29, 1.82) is 0 Å². The summed E-state index contributed by atoms with van der Waals surface area (Å²) in [6, 6.07) is 44.9. The minimum Gasteiger partial charge on any atom is -0.490 e. The highest BCUT2D eigenvalue weighted by atomic mass is 16.5. The highest BCUT2D eigenvalue weighted by Crippen LogP contribution is 2.30. The van der Waals surface area contributed by atoms with Crippen LogP contribution in [0.3, 0.4) is 0 Å². The van der Waals surface area contributed by atoms with Gasteiger partial charge in [0, 0.05) is 26.2 Å². The second kappa shape index (κ2) is 15.1. The summed E-state index contributed by atoms with van der Waals surface area (Å²) < 4.78 is 11.6. The van der Waals surface area contributed by atoms with Crippen molar-refractivity contribution in [2.45, 2.75) is 6.04 Å². The van der Waals surface area contributed by atoms with Gasteiger partial charge in [-0.3, -0.25) is 14.5 Å². The van der Waals surface area contributed by atoms with E-state index < -0.39 is 0 Å². The van der Waals surface area contributed by atoms with Gasteiger partial charge in [-0.1, -0.05) is 103 Å². The third kappa shape index (κ3) is 7.45. The molecule has 1 N–H and O–H groups in total. The molecule has 0 aromatic heterocycles. The number of benzene rings is 5. The molecule has 0 bridgehead atoms. The number of carbonyl (C=O) groups is 2. The Bertz CT molecular complexity index is 1680. The zero-order valence-corrected chi connectivity index (χ0v) is 25.6. The van der Waals surface area contributed by atoms with Crippen LogP contribution in [0.5, 0.6) is 11.5 Å². The molecule has 0 spiro atoms. The summed E-state index contributed by atoms with van der Waals surface area (Å²) in [6.07, 6.45) is 0. The van der Waals surface area contributed by atoms with Crippen molar-refractivity contribution in [2.75, 3.05) is 44.7 Å². The second-order valence-corrected chi connectivity index (χ2v) is 11.1. The number of anilines is 1. The van der Waals surface area contributed by atoms with E-state index >= 15 is 0 Å². The topological polar surface area (TPSA) is 71.1 Å². The van der Waals surface area contributed by atoms with Gasteiger partial charge in [0.05, 0.1) is 22.9 Å². The van der Waals surface area contributed by atoms with Crippen molar-refractivity contribution in [3.05, 3.63) is 162 Å². The smallest absolute Gasteiger partial charge is 0.259 e. The lowest BCUT2D eigenvalue weighted by molar-refractivity contribution is 0.0598. The standard InChI is InChI=1S/C39H37N3O4/c43-38(34-21-11-13-23-36(34)46-29-28-45-32-18-8-3-9-19-32)40-35-22-12-10-20-33(35)39(44)42-26-24-41(25-27-42)37(30-14-4-1-5-15-30)31-16-6-2-7-17-31/h1-23,37H,24-29H2,(H,40,43). The first-order chi connectivity index (χ1) is 22.7. The van der Waals surface area contributed by atoms with Crippen LogP contribution in [-0.2, 0) is 0 Å². The van der Waals surface area contributed by atoms with E-state index in [1.165, 1.54) is 11.1 Å². The number of hydrogen-bond donors (Lipinski definition) is 1. The van der Waals surface area contributed by atoms with E-state index in [0.29, 0.717) is 42.3 Å². The zero-order chi connectivity index (χ0) is 31.6. The zero-order valence-electron chi connectivity index (χ0n) is 25.6. The third-order valence-electron chi connectivity index (χ3n) is 8.09. The molecule has 7 heteroatoms. The summed E-state index contributed by atoms with van der Waals surface area (Å²) in [5.41, 5.74) is 3.77. The molecule has 5 aromatic rings. The highest BCUT2D eigenvalue weighted by Gasteiger charge is 2.29. The van der Waals surface area contributed by atoms with Gasteiger partial charge in [0.2, 0.25) is 0 Å². The van der Waals surface area contributed by atoms with Crippen LogP contribution in [0.4, 0.5) is 5.69 Å². The number of ether oxygens (including phenoxy) is 2. The lowest BCUT2D eigenvalue weighted by Gasteiger charge is -2.40. The van der Waals surface area contributed by atoms with E-state index in [2.05, 4.69) is 58.7 Å². The molecule has 0 unspecified atom stereocenters. The Morgan fingerprint density at radius 1 is 0.587 bits per heavy atom. The normalized spacial score (nSPS) is 13.3. The minimum absolute atomic E-state index is 0.103. The summed E-state index contributed by atoms with van der Waals surface area (Å²) in [5.74, 6) is 0.752. The molecular weight excluding hydrogens is 574 g/mol. The molecule has 46 heavy (non-hydrogen) atoms. The highest BCUT2D eigenvalue weighted by molar-refractivity contribution is 6.10. The van der Waals surface area contributed by atoms with Gasteiger partial charge in [0.1, 0.15) is 24.7 Å². The molecule has 7 nitrogen and oxygen atoms in total. The van der Waals surface area contributed by atoms with Crippen LogP contribution in [0.1, 0.15) is 37.9 Å². The van der Waals surface area contributed by atoms with Gasteiger partial charge in [0.25, 0.3) is 11.8 Å². The molecule has 232 valence electrons. The van der Waals surface area contributed by atoms with Crippen molar-refractivity contribution < 1.29 is 19.1 Å². The maximum atomic E-state index is 13.8. The van der Waals surface area contributed by atoms with Crippen molar-refractivity contribution in [3.8, 4) is 11.5 Å². The molecule has 1 aliphatic heterocycles. The Hall–Kier alpha value is -5.40. The lowest BCUT2D eigenvalue weighted by atomic mass is 9.96. The third-order valence-corrected chi connectivity index (χ3v) is 8.09. The van der Waals surface area contributed by atoms with Crippen LogP contribution in [0.15, 0.2) is 140 Å². The Balaban J connectivity index is 1.10. The van der Waals surface area contributed by atoms with Gasteiger partial charge >= 0.3 is 0 Å². The Labute approximate surface area is 270 Å². The van der Waals surface area contributed by atoms with E-state index in [4.69, 9.17) is 9.47 Å². The molecule has 0 aliphatic carbocycles. The summed E-state index contributed by atoms with van der Waals surface area (Å²) in [6.45, 7) is 3.23. The monoisotopic (exact) mass is 611 g/mol. The first kappa shape index (κ1) is 30.6. The average molecular weight is 612 g/mol. The maximum Gasteiger partial charge on any atom is 0.259 e. The molecule has 1 fully saturated rings. The van der Waals surface area contributed by atoms with Crippen molar-refractivity contribution in [3.63, 3.8) is 0 Å². The van der Waals surface area contributed by atoms with Gasteiger partial charge in [-0.2, -0.15) is 0 Å². The van der Waals surface area contributed by atoms with E-state index in [1.807, 2.05) is 65.6 Å². The molecule has 1 heterocycles. The van der Waals surface area contributed by atoms with E-state index in [-0.39, 0.29) is 24.5 Å². The fourth-order valence-electron chi connectivity index (χ4n) is 5.81. The lowest BCUT2D eigenvalue weighted by Crippen LogP contribution is -2.50. The molecule has 0 saturated carbocycles. The molecule has 2 amide bonds. The summed E-state index contributed by atoms with van der Waals surface area (Å²) in [7, 11) is 0. The Kier molecular flexibility index (Phi) is 10.0. The maximum absolute atomic E-state index is 13.8. The fraction of sp³-hybridized carbons (Fsp3) is 0.179. The summed E-state index contributed by atoms with van der Waals surface area (Å²) in [4.78, 5) is 31.6. The molecule has 6 rings (SSSR count). The van der Waals surface area contributed by atoms with Crippen LogP contribution in [0, 0.1) is 0 Å². The molecule has 0 atom stereocenters. The first-order valence-corrected chi connectivity index (χ1v) is 15.6. The quantitative estimate of drug-likeness (QED) is 0.164. The number of rotatable bonds is 11. The van der Waals surface area contributed by atoms with Crippen LogP contribution >= 0.6 is 0 Å². The number of hydrogen-bond acceptors (Lipinski definition) is 5. The van der Waals surface area contributed by atoms with Gasteiger partial charge in [-0.15, -0.1) is 0 Å². The number of nitrogens with zero attached hydrogens (tertiary/aromatic N) is 2. The SMILES string of the molecule is O=C(Nc1ccccc1C(=O)N1CCN(C(c2ccccc2)c2ccccc2)CC1)c1ccccc1OCCOc1ccccc1. The number of amides is 2. The van der Waals surface area contributed by atoms with E-state index in [0.717, 1.165) is 18.8 Å². The van der Waals surface area contributed by atoms with Gasteiger partial charge in [-0.25, -0.2) is 0 Å². The van der Waals surface area contributed by atoms with Crippen LogP contribution in [0.25, 0.3) is 0 Å². The van der Waals surface area contributed by atoms with Crippen molar-refractivity contribution >= 4 is 17.5 Å². The first-order valence-electron chi connectivity index (χ1n) is 15.6. The minimum atomic E-state index is -0.349. The molecule has 1 aliphatic rings. The number of nitrogens with one attached hydrogen (secondary N) is 1. The fourth-order valence-corrected chi connectivity index (χ4v) is 5.81. The van der Waals surface area contributed by atoms with Crippen LogP contribution in [0.2, 0.25) is 0 Å².